The third-order valence-electron chi connectivity index (χ3n) is 3.54. The van der Waals surface area contributed by atoms with Gasteiger partial charge < -0.3 is 15.2 Å². The van der Waals surface area contributed by atoms with Crippen molar-refractivity contribution in [2.24, 2.45) is 5.92 Å². The molecule has 6 heteroatoms. The van der Waals surface area contributed by atoms with Crippen LogP contribution >= 0.6 is 15.9 Å². The summed E-state index contributed by atoms with van der Waals surface area (Å²) in [6.45, 7) is 0.303. The van der Waals surface area contributed by atoms with Gasteiger partial charge in [-0.15, -0.1) is 0 Å². The summed E-state index contributed by atoms with van der Waals surface area (Å²) in [6.07, 6.45) is 2.15. The van der Waals surface area contributed by atoms with Gasteiger partial charge in [-0.3, -0.25) is 9.59 Å². The highest BCUT2D eigenvalue weighted by Gasteiger charge is 2.30. The van der Waals surface area contributed by atoms with Gasteiger partial charge in [0.05, 0.1) is 18.9 Å². The van der Waals surface area contributed by atoms with Crippen molar-refractivity contribution >= 4 is 27.8 Å². The minimum absolute atomic E-state index is 0.0236. The molecule has 0 heterocycles. The molecule has 1 fully saturated rings. The molecule has 1 aromatic carbocycles. The fraction of sp³-hybridized carbons (Fsp3) is 0.467. The number of carbonyl (C=O) groups is 2. The predicted molar refractivity (Wildman–Crippen MR) is 81.2 cm³/mol. The summed E-state index contributed by atoms with van der Waals surface area (Å²) < 4.78 is 6.42. The molecular formula is C15H18BrNO4. The molecule has 1 aliphatic carbocycles. The number of amides is 1. The summed E-state index contributed by atoms with van der Waals surface area (Å²) >= 11 is 3.35. The lowest BCUT2D eigenvalue weighted by Gasteiger charge is -2.12. The van der Waals surface area contributed by atoms with Crippen LogP contribution in [0.1, 0.15) is 25.7 Å². The lowest BCUT2D eigenvalue weighted by Crippen LogP contribution is -2.34. The number of benzene rings is 1. The second-order valence-corrected chi connectivity index (χ2v) is 6.08. The van der Waals surface area contributed by atoms with Gasteiger partial charge in [-0.05, 0) is 37.5 Å². The maximum absolute atomic E-state index is 11.8. The summed E-state index contributed by atoms with van der Waals surface area (Å²) in [5.41, 5.74) is 0. The topological polar surface area (TPSA) is 75.6 Å². The average molecular weight is 356 g/mol. The van der Waals surface area contributed by atoms with Crippen molar-refractivity contribution in [2.45, 2.75) is 31.7 Å². The first-order valence-corrected chi connectivity index (χ1v) is 7.74. The van der Waals surface area contributed by atoms with Gasteiger partial charge in [0.15, 0.2) is 0 Å². The highest BCUT2D eigenvalue weighted by Crippen LogP contribution is 2.25. The number of carbonyl (C=O) groups excluding carboxylic acids is 1. The van der Waals surface area contributed by atoms with Crippen molar-refractivity contribution in [1.29, 1.82) is 0 Å². The van der Waals surface area contributed by atoms with Crippen molar-refractivity contribution in [3.63, 3.8) is 0 Å². The molecule has 1 aromatic rings. The Morgan fingerprint density at radius 3 is 2.86 bits per heavy atom. The summed E-state index contributed by atoms with van der Waals surface area (Å²) in [7, 11) is 0. The van der Waals surface area contributed by atoms with E-state index >= 15 is 0 Å². The molecule has 0 aliphatic heterocycles. The van der Waals surface area contributed by atoms with Crippen LogP contribution in [0.25, 0.3) is 0 Å². The Labute approximate surface area is 131 Å². The molecule has 0 aromatic heterocycles. The van der Waals surface area contributed by atoms with Gasteiger partial charge >= 0.3 is 5.97 Å². The quantitative estimate of drug-likeness (QED) is 0.822. The van der Waals surface area contributed by atoms with Gasteiger partial charge in [-0.1, -0.05) is 22.0 Å². The maximum Gasteiger partial charge on any atom is 0.306 e. The lowest BCUT2D eigenvalue weighted by molar-refractivity contribution is -0.141. The Hall–Kier alpha value is -1.56. The van der Waals surface area contributed by atoms with Crippen molar-refractivity contribution < 1.29 is 19.4 Å². The van der Waals surface area contributed by atoms with Crippen LogP contribution in [0.4, 0.5) is 0 Å². The van der Waals surface area contributed by atoms with E-state index in [2.05, 4.69) is 21.2 Å². The first-order valence-electron chi connectivity index (χ1n) is 6.95. The molecule has 0 saturated heterocycles. The first-order chi connectivity index (χ1) is 10.0. The van der Waals surface area contributed by atoms with E-state index in [1.165, 1.54) is 0 Å². The van der Waals surface area contributed by atoms with Gasteiger partial charge in [0.25, 0.3) is 0 Å². The maximum atomic E-state index is 11.8. The van der Waals surface area contributed by atoms with Gasteiger partial charge in [0.1, 0.15) is 5.75 Å². The number of ether oxygens (including phenoxy) is 1. The van der Waals surface area contributed by atoms with E-state index in [0.29, 0.717) is 25.2 Å². The molecule has 2 N–H and O–H groups in total. The number of hydrogen-bond donors (Lipinski definition) is 2. The zero-order valence-electron chi connectivity index (χ0n) is 11.5. The summed E-state index contributed by atoms with van der Waals surface area (Å²) in [6, 6.07) is 7.41. The van der Waals surface area contributed by atoms with Crippen LogP contribution in [0.5, 0.6) is 5.75 Å². The van der Waals surface area contributed by atoms with Crippen LogP contribution in [0, 0.1) is 5.92 Å². The van der Waals surface area contributed by atoms with Crippen LogP contribution in [0.2, 0.25) is 0 Å². The molecule has 21 heavy (non-hydrogen) atoms. The van der Waals surface area contributed by atoms with Crippen LogP contribution in [0.3, 0.4) is 0 Å². The third-order valence-corrected chi connectivity index (χ3v) is 4.03. The molecule has 114 valence electrons. The van der Waals surface area contributed by atoms with E-state index in [1.54, 1.807) is 0 Å². The number of rotatable bonds is 6. The number of nitrogens with one attached hydrogen (secondary N) is 1. The minimum atomic E-state index is -0.773. The van der Waals surface area contributed by atoms with Crippen LogP contribution in [-0.2, 0) is 9.59 Å². The van der Waals surface area contributed by atoms with Gasteiger partial charge in [0.2, 0.25) is 5.91 Å². The summed E-state index contributed by atoms with van der Waals surface area (Å²) in [5, 5.41) is 11.8. The van der Waals surface area contributed by atoms with E-state index in [0.717, 1.165) is 10.9 Å². The Balaban J connectivity index is 1.67. The van der Waals surface area contributed by atoms with Gasteiger partial charge in [-0.25, -0.2) is 0 Å². The van der Waals surface area contributed by atoms with Gasteiger partial charge in [-0.2, -0.15) is 0 Å². The van der Waals surface area contributed by atoms with Crippen LogP contribution in [-0.4, -0.2) is 29.6 Å². The zero-order valence-corrected chi connectivity index (χ0v) is 13.1. The predicted octanol–water partition coefficient (Wildman–Crippen LogP) is 2.59. The van der Waals surface area contributed by atoms with E-state index < -0.39 is 5.97 Å². The minimum Gasteiger partial charge on any atom is -0.493 e. The number of carboxylic acid groups (broad SMARTS) is 1. The van der Waals surface area contributed by atoms with Crippen molar-refractivity contribution in [1.82, 2.24) is 5.32 Å². The first kappa shape index (κ1) is 15.8. The SMILES string of the molecule is O=C(CCOc1cccc(Br)c1)N[C@H]1CC[C@@H](C(=O)O)C1. The number of carboxylic acids is 1. The highest BCUT2D eigenvalue weighted by atomic mass is 79.9. The van der Waals surface area contributed by atoms with E-state index in [-0.39, 0.29) is 24.3 Å². The standard InChI is InChI=1S/C15H18BrNO4/c16-11-2-1-3-13(9-11)21-7-6-14(18)17-12-5-4-10(8-12)15(19)20/h1-3,9-10,12H,4-8H2,(H,17,18)(H,19,20)/t10-,12+/m1/s1. The molecule has 2 rings (SSSR count). The molecule has 1 aliphatic rings. The molecule has 1 amide bonds. The normalized spacial score (nSPS) is 21.0. The molecule has 1 saturated carbocycles. The van der Waals surface area contributed by atoms with E-state index in [1.807, 2.05) is 24.3 Å². The number of halogens is 1. The highest BCUT2D eigenvalue weighted by molar-refractivity contribution is 9.10. The second-order valence-electron chi connectivity index (χ2n) is 5.17. The molecule has 0 unspecified atom stereocenters. The Morgan fingerprint density at radius 2 is 2.19 bits per heavy atom. The zero-order chi connectivity index (χ0) is 15.2. The molecule has 0 radical (unpaired) electrons. The Kier molecular flexibility index (Phi) is 5.61. The molecular weight excluding hydrogens is 338 g/mol. The fourth-order valence-electron chi connectivity index (χ4n) is 2.46. The molecule has 0 spiro atoms. The molecule has 5 nitrogen and oxygen atoms in total. The summed E-state index contributed by atoms with van der Waals surface area (Å²) in [4.78, 5) is 22.6. The second kappa shape index (κ2) is 7.45. The number of hydrogen-bond acceptors (Lipinski definition) is 3. The monoisotopic (exact) mass is 355 g/mol. The third kappa shape index (κ3) is 5.04. The van der Waals surface area contributed by atoms with Crippen molar-refractivity contribution in [2.75, 3.05) is 6.61 Å². The lowest BCUT2D eigenvalue weighted by atomic mass is 10.1. The average Bonchev–Trinajstić information content (AvgIpc) is 2.87. The van der Waals surface area contributed by atoms with Gasteiger partial charge in [0, 0.05) is 10.5 Å². The Morgan fingerprint density at radius 1 is 1.38 bits per heavy atom. The largest absolute Gasteiger partial charge is 0.493 e. The van der Waals surface area contributed by atoms with Crippen molar-refractivity contribution in [3.8, 4) is 5.75 Å². The van der Waals surface area contributed by atoms with Crippen molar-refractivity contribution in [3.05, 3.63) is 28.7 Å². The Bertz CT molecular complexity index is 520. The fourth-order valence-corrected chi connectivity index (χ4v) is 2.83. The smallest absolute Gasteiger partial charge is 0.306 e. The van der Waals surface area contributed by atoms with Crippen LogP contribution in [0.15, 0.2) is 28.7 Å². The number of aliphatic carboxylic acids is 1. The molecule has 0 bridgehead atoms. The van der Waals surface area contributed by atoms with Crippen LogP contribution < -0.4 is 10.1 Å². The van der Waals surface area contributed by atoms with E-state index in [9.17, 15) is 9.59 Å². The molecule has 2 atom stereocenters. The van der Waals surface area contributed by atoms with E-state index in [4.69, 9.17) is 9.84 Å². The summed E-state index contributed by atoms with van der Waals surface area (Å²) in [5.74, 6) is -0.483.